The van der Waals surface area contributed by atoms with Crippen molar-refractivity contribution in [2.75, 3.05) is 24.5 Å². The Labute approximate surface area is 164 Å². The van der Waals surface area contributed by atoms with E-state index in [-0.39, 0.29) is 0 Å². The molecule has 0 saturated carbocycles. The summed E-state index contributed by atoms with van der Waals surface area (Å²) >= 11 is 1.76. The van der Waals surface area contributed by atoms with Gasteiger partial charge in [-0.3, -0.25) is 4.90 Å². The summed E-state index contributed by atoms with van der Waals surface area (Å²) in [5.41, 5.74) is 1.26. The number of likely N-dealkylation sites (tertiary alicyclic amines) is 1. The van der Waals surface area contributed by atoms with Crippen LogP contribution in [0.3, 0.4) is 0 Å². The molecule has 5 rings (SSSR count). The Morgan fingerprint density at radius 1 is 1.00 bits per heavy atom. The summed E-state index contributed by atoms with van der Waals surface area (Å²) in [7, 11) is 0. The van der Waals surface area contributed by atoms with Gasteiger partial charge in [0.15, 0.2) is 0 Å². The summed E-state index contributed by atoms with van der Waals surface area (Å²) in [4.78, 5) is 16.8. The smallest absolute Gasteiger partial charge is 0.140 e. The van der Waals surface area contributed by atoms with E-state index in [0.717, 1.165) is 35.8 Å². The highest BCUT2D eigenvalue weighted by Crippen LogP contribution is 2.37. The van der Waals surface area contributed by atoms with E-state index in [1.165, 1.54) is 48.1 Å². The summed E-state index contributed by atoms with van der Waals surface area (Å²) < 4.78 is 0. The fraction of sp³-hybridized carbons (Fsp3) is 0.455. The van der Waals surface area contributed by atoms with E-state index >= 15 is 0 Å². The van der Waals surface area contributed by atoms with E-state index in [2.05, 4.69) is 63.1 Å². The van der Waals surface area contributed by atoms with Crippen LogP contribution in [0.5, 0.6) is 0 Å². The lowest BCUT2D eigenvalue weighted by Crippen LogP contribution is -2.46. The Kier molecular flexibility index (Phi) is 4.58. The van der Waals surface area contributed by atoms with Gasteiger partial charge in [-0.25, -0.2) is 9.97 Å². The second-order valence-electron chi connectivity index (χ2n) is 7.84. The van der Waals surface area contributed by atoms with Gasteiger partial charge in [-0.15, -0.1) is 11.3 Å². The molecular formula is C22H26N4S. The van der Waals surface area contributed by atoms with Crippen molar-refractivity contribution in [2.24, 2.45) is 0 Å². The van der Waals surface area contributed by atoms with Gasteiger partial charge in [0.25, 0.3) is 0 Å². The largest absolute Gasteiger partial charge is 0.356 e. The standard InChI is InChI=1S/C22H26N4S/c1-16-6-5-11-26(16)18-9-12-25(13-10-18)21-19-14-20(17-7-3-2-4-8-17)27-22(19)24-15-23-21/h2-4,7-8,14-16,18H,5-6,9-13H2,1H3. The van der Waals surface area contributed by atoms with E-state index in [9.17, 15) is 0 Å². The predicted molar refractivity (Wildman–Crippen MR) is 113 cm³/mol. The molecule has 140 valence electrons. The molecule has 2 aromatic heterocycles. The Hall–Kier alpha value is -1.98. The Bertz CT molecular complexity index is 914. The molecule has 0 amide bonds. The van der Waals surface area contributed by atoms with Crippen LogP contribution in [0.25, 0.3) is 20.7 Å². The molecule has 27 heavy (non-hydrogen) atoms. The molecule has 0 radical (unpaired) electrons. The maximum absolute atomic E-state index is 4.68. The van der Waals surface area contributed by atoms with Crippen LogP contribution >= 0.6 is 11.3 Å². The van der Waals surface area contributed by atoms with Gasteiger partial charge in [0.1, 0.15) is 17.0 Å². The Morgan fingerprint density at radius 3 is 2.56 bits per heavy atom. The molecule has 1 atom stereocenters. The van der Waals surface area contributed by atoms with Crippen LogP contribution in [0, 0.1) is 0 Å². The average Bonchev–Trinajstić information content (AvgIpc) is 3.35. The summed E-state index contributed by atoms with van der Waals surface area (Å²) in [6.07, 6.45) is 6.95. The summed E-state index contributed by atoms with van der Waals surface area (Å²) in [6.45, 7) is 5.87. The van der Waals surface area contributed by atoms with Crippen LogP contribution in [0.1, 0.15) is 32.6 Å². The Balaban J connectivity index is 1.38. The SMILES string of the molecule is CC1CCCN1C1CCN(c2ncnc3sc(-c4ccccc4)cc23)CC1. The number of fused-ring (bicyclic) bond motifs is 1. The lowest BCUT2D eigenvalue weighted by Gasteiger charge is -2.39. The predicted octanol–water partition coefficient (Wildman–Crippen LogP) is 4.81. The summed E-state index contributed by atoms with van der Waals surface area (Å²) in [5.74, 6) is 1.12. The molecule has 0 bridgehead atoms. The lowest BCUT2D eigenvalue weighted by molar-refractivity contribution is 0.163. The molecule has 2 aliphatic rings. The van der Waals surface area contributed by atoms with Gasteiger partial charge in [-0.2, -0.15) is 0 Å². The normalized spacial score (nSPS) is 22.0. The van der Waals surface area contributed by atoms with E-state index in [4.69, 9.17) is 0 Å². The quantitative estimate of drug-likeness (QED) is 0.655. The van der Waals surface area contributed by atoms with Crippen LogP contribution < -0.4 is 4.90 Å². The summed E-state index contributed by atoms with van der Waals surface area (Å²) in [6, 6.07) is 14.4. The van der Waals surface area contributed by atoms with Crippen molar-refractivity contribution in [1.82, 2.24) is 14.9 Å². The lowest BCUT2D eigenvalue weighted by atomic mass is 10.0. The third-order valence-electron chi connectivity index (χ3n) is 6.20. The van der Waals surface area contributed by atoms with Crippen molar-refractivity contribution in [3.8, 4) is 10.4 Å². The molecule has 2 saturated heterocycles. The first kappa shape index (κ1) is 17.1. The maximum atomic E-state index is 4.68. The van der Waals surface area contributed by atoms with E-state index in [1.807, 2.05) is 0 Å². The number of anilines is 1. The second-order valence-corrected chi connectivity index (χ2v) is 8.87. The average molecular weight is 379 g/mol. The van der Waals surface area contributed by atoms with Gasteiger partial charge < -0.3 is 4.90 Å². The first-order valence-corrected chi connectivity index (χ1v) is 10.9. The molecular weight excluding hydrogens is 352 g/mol. The van der Waals surface area contributed by atoms with Gasteiger partial charge >= 0.3 is 0 Å². The van der Waals surface area contributed by atoms with Crippen molar-refractivity contribution < 1.29 is 0 Å². The zero-order valence-electron chi connectivity index (χ0n) is 15.8. The third kappa shape index (κ3) is 3.23. The fourth-order valence-corrected chi connectivity index (χ4v) is 5.75. The van der Waals surface area contributed by atoms with Crippen molar-refractivity contribution in [3.05, 3.63) is 42.7 Å². The molecule has 4 heterocycles. The molecule has 2 aliphatic heterocycles. The number of piperidine rings is 1. The molecule has 2 fully saturated rings. The first-order valence-electron chi connectivity index (χ1n) is 10.1. The van der Waals surface area contributed by atoms with E-state index < -0.39 is 0 Å². The van der Waals surface area contributed by atoms with Gasteiger partial charge in [0.2, 0.25) is 0 Å². The molecule has 0 spiro atoms. The maximum Gasteiger partial charge on any atom is 0.140 e. The molecule has 3 aromatic rings. The molecule has 1 aromatic carbocycles. The van der Waals surface area contributed by atoms with Gasteiger partial charge in [-0.1, -0.05) is 30.3 Å². The number of hydrogen-bond acceptors (Lipinski definition) is 5. The van der Waals surface area contributed by atoms with Crippen LogP contribution in [-0.4, -0.2) is 46.6 Å². The zero-order chi connectivity index (χ0) is 18.2. The number of thiophene rings is 1. The van der Waals surface area contributed by atoms with Gasteiger partial charge in [0, 0.05) is 30.1 Å². The van der Waals surface area contributed by atoms with Crippen molar-refractivity contribution >= 4 is 27.4 Å². The second kappa shape index (κ2) is 7.21. The molecule has 5 heteroatoms. The zero-order valence-corrected chi connectivity index (χ0v) is 16.7. The molecule has 4 nitrogen and oxygen atoms in total. The van der Waals surface area contributed by atoms with Crippen molar-refractivity contribution in [2.45, 2.75) is 44.7 Å². The van der Waals surface area contributed by atoms with Crippen LogP contribution in [0.4, 0.5) is 5.82 Å². The minimum absolute atomic E-state index is 0.749. The molecule has 0 aliphatic carbocycles. The van der Waals surface area contributed by atoms with Gasteiger partial charge in [-0.05, 0) is 50.8 Å². The van der Waals surface area contributed by atoms with Gasteiger partial charge in [0.05, 0.1) is 5.39 Å². The topological polar surface area (TPSA) is 32.3 Å². The third-order valence-corrected chi connectivity index (χ3v) is 7.30. The highest BCUT2D eigenvalue weighted by Gasteiger charge is 2.31. The van der Waals surface area contributed by atoms with Crippen LogP contribution in [0.2, 0.25) is 0 Å². The first-order chi connectivity index (χ1) is 13.3. The van der Waals surface area contributed by atoms with E-state index in [1.54, 1.807) is 17.7 Å². The highest BCUT2D eigenvalue weighted by molar-refractivity contribution is 7.21. The highest BCUT2D eigenvalue weighted by atomic mass is 32.1. The monoisotopic (exact) mass is 378 g/mol. The number of hydrogen-bond donors (Lipinski definition) is 0. The Morgan fingerprint density at radius 2 is 1.81 bits per heavy atom. The van der Waals surface area contributed by atoms with Crippen molar-refractivity contribution in [3.63, 3.8) is 0 Å². The van der Waals surface area contributed by atoms with E-state index in [0.29, 0.717) is 0 Å². The number of aromatic nitrogens is 2. The van der Waals surface area contributed by atoms with Crippen LogP contribution in [-0.2, 0) is 0 Å². The minimum Gasteiger partial charge on any atom is -0.356 e. The molecule has 1 unspecified atom stereocenters. The number of rotatable bonds is 3. The number of nitrogens with zero attached hydrogens (tertiary/aromatic N) is 4. The van der Waals surface area contributed by atoms with Crippen molar-refractivity contribution in [1.29, 1.82) is 0 Å². The fourth-order valence-electron chi connectivity index (χ4n) is 4.75. The van der Waals surface area contributed by atoms with Crippen LogP contribution in [0.15, 0.2) is 42.7 Å². The summed E-state index contributed by atoms with van der Waals surface area (Å²) in [5, 5.41) is 1.20. The number of benzene rings is 1. The molecule has 0 N–H and O–H groups in total. The minimum atomic E-state index is 0.749.